The van der Waals surface area contributed by atoms with Crippen molar-refractivity contribution in [2.75, 3.05) is 26.2 Å². The molecule has 2 aliphatic rings. The van der Waals surface area contributed by atoms with E-state index < -0.39 is 0 Å². The number of hydrogen-bond acceptors (Lipinski definition) is 3. The number of benzene rings is 2. The Labute approximate surface area is 157 Å². The molecule has 2 aromatic carbocycles. The zero-order chi connectivity index (χ0) is 18.1. The summed E-state index contributed by atoms with van der Waals surface area (Å²) < 4.78 is 0. The van der Waals surface area contributed by atoms with E-state index in [1.807, 2.05) is 12.1 Å². The normalized spacial score (nSPS) is 30.1. The lowest BCUT2D eigenvalue weighted by atomic mass is 9.65. The van der Waals surface area contributed by atoms with Gasteiger partial charge in [-0.15, -0.1) is 0 Å². The van der Waals surface area contributed by atoms with Crippen molar-refractivity contribution >= 4 is 0 Å². The van der Waals surface area contributed by atoms with Crippen LogP contribution in [-0.2, 0) is 12.0 Å². The largest absolute Gasteiger partial charge is 0.508 e. The molecule has 2 saturated heterocycles. The van der Waals surface area contributed by atoms with E-state index in [0.717, 1.165) is 39.1 Å². The van der Waals surface area contributed by atoms with Gasteiger partial charge in [0.2, 0.25) is 0 Å². The minimum Gasteiger partial charge on any atom is -0.508 e. The van der Waals surface area contributed by atoms with Crippen LogP contribution in [0.1, 0.15) is 31.4 Å². The standard InChI is InChI=1S/C23H30N2O/c1-18-15-25-12-11-24(16-19-7-4-3-5-8-19)17-21(25)14-23(18,2)20-9-6-10-22(26)13-20/h3-10,13,18,21,26H,11-12,14-17H2,1-2H3/t18?,21?,23-/m1/s1. The molecule has 3 heteroatoms. The van der Waals surface area contributed by atoms with Crippen molar-refractivity contribution in [3.05, 3.63) is 65.7 Å². The SMILES string of the molecule is CC1CN2CCN(Cc3ccccc3)CC2C[C@@]1(C)c1cccc(O)c1. The lowest BCUT2D eigenvalue weighted by molar-refractivity contribution is -0.00557. The van der Waals surface area contributed by atoms with Gasteiger partial charge in [0.05, 0.1) is 0 Å². The van der Waals surface area contributed by atoms with Crippen LogP contribution in [0.2, 0.25) is 0 Å². The molecule has 2 aromatic rings. The van der Waals surface area contributed by atoms with Crippen molar-refractivity contribution in [1.29, 1.82) is 0 Å². The van der Waals surface area contributed by atoms with E-state index in [9.17, 15) is 5.11 Å². The summed E-state index contributed by atoms with van der Waals surface area (Å²) in [6.07, 6.45) is 1.16. The topological polar surface area (TPSA) is 26.7 Å². The van der Waals surface area contributed by atoms with Gasteiger partial charge in [-0.05, 0) is 41.0 Å². The summed E-state index contributed by atoms with van der Waals surface area (Å²) in [5.74, 6) is 0.967. The van der Waals surface area contributed by atoms with Gasteiger partial charge in [0, 0.05) is 38.8 Å². The van der Waals surface area contributed by atoms with Crippen LogP contribution < -0.4 is 0 Å². The molecule has 1 N–H and O–H groups in total. The summed E-state index contributed by atoms with van der Waals surface area (Å²) in [6, 6.07) is 19.3. The molecule has 0 radical (unpaired) electrons. The highest BCUT2D eigenvalue weighted by Crippen LogP contribution is 2.43. The second kappa shape index (κ2) is 7.05. The van der Waals surface area contributed by atoms with Gasteiger partial charge in [-0.2, -0.15) is 0 Å². The molecule has 0 saturated carbocycles. The monoisotopic (exact) mass is 350 g/mol. The highest BCUT2D eigenvalue weighted by atomic mass is 16.3. The van der Waals surface area contributed by atoms with Crippen LogP contribution >= 0.6 is 0 Å². The molecule has 2 aliphatic heterocycles. The van der Waals surface area contributed by atoms with Crippen LogP contribution in [0.5, 0.6) is 5.75 Å². The average molecular weight is 351 g/mol. The number of rotatable bonds is 3. The third kappa shape index (κ3) is 3.38. The highest BCUT2D eigenvalue weighted by molar-refractivity contribution is 5.34. The average Bonchev–Trinajstić information content (AvgIpc) is 2.64. The molecule has 26 heavy (non-hydrogen) atoms. The minimum atomic E-state index is 0.121. The Balaban J connectivity index is 1.50. The highest BCUT2D eigenvalue weighted by Gasteiger charge is 2.44. The van der Waals surface area contributed by atoms with Gasteiger partial charge >= 0.3 is 0 Å². The Morgan fingerprint density at radius 1 is 1.04 bits per heavy atom. The fraction of sp³-hybridized carbons (Fsp3) is 0.478. The molecular weight excluding hydrogens is 320 g/mol. The van der Waals surface area contributed by atoms with E-state index in [0.29, 0.717) is 17.7 Å². The molecule has 0 spiro atoms. The third-order valence-electron chi connectivity index (χ3n) is 6.70. The fourth-order valence-electron chi connectivity index (χ4n) is 4.88. The van der Waals surface area contributed by atoms with Crippen LogP contribution in [0.4, 0.5) is 0 Å². The number of phenolic OH excluding ortho intramolecular Hbond substituents is 1. The Bertz CT molecular complexity index is 747. The van der Waals surface area contributed by atoms with E-state index in [2.05, 4.69) is 60.0 Å². The number of aromatic hydroxyl groups is 1. The molecule has 4 rings (SSSR count). The van der Waals surface area contributed by atoms with Gasteiger partial charge in [0.1, 0.15) is 5.75 Å². The summed E-state index contributed by atoms with van der Waals surface area (Å²) in [7, 11) is 0. The van der Waals surface area contributed by atoms with Gasteiger partial charge in [0.15, 0.2) is 0 Å². The Kier molecular flexibility index (Phi) is 4.76. The van der Waals surface area contributed by atoms with Gasteiger partial charge in [-0.25, -0.2) is 0 Å². The van der Waals surface area contributed by atoms with E-state index >= 15 is 0 Å². The maximum atomic E-state index is 9.96. The molecular formula is C23H30N2O. The number of fused-ring (bicyclic) bond motifs is 1. The number of hydrogen-bond donors (Lipinski definition) is 1. The predicted octanol–water partition coefficient (Wildman–Crippen LogP) is 3.88. The zero-order valence-electron chi connectivity index (χ0n) is 15.9. The van der Waals surface area contributed by atoms with Crippen LogP contribution in [0, 0.1) is 5.92 Å². The smallest absolute Gasteiger partial charge is 0.115 e. The summed E-state index contributed by atoms with van der Waals surface area (Å²) in [5.41, 5.74) is 2.81. The van der Waals surface area contributed by atoms with Crippen LogP contribution in [0.15, 0.2) is 54.6 Å². The van der Waals surface area contributed by atoms with Crippen molar-refractivity contribution < 1.29 is 5.11 Å². The first-order valence-electron chi connectivity index (χ1n) is 9.84. The van der Waals surface area contributed by atoms with Crippen LogP contribution in [0.3, 0.4) is 0 Å². The van der Waals surface area contributed by atoms with Gasteiger partial charge in [-0.3, -0.25) is 9.80 Å². The first-order chi connectivity index (χ1) is 12.5. The maximum Gasteiger partial charge on any atom is 0.115 e. The van der Waals surface area contributed by atoms with E-state index in [-0.39, 0.29) is 5.41 Å². The van der Waals surface area contributed by atoms with Crippen molar-refractivity contribution in [3.63, 3.8) is 0 Å². The number of nitrogens with zero attached hydrogens (tertiary/aromatic N) is 2. The van der Waals surface area contributed by atoms with E-state index in [4.69, 9.17) is 0 Å². The Hall–Kier alpha value is -1.84. The molecule has 2 heterocycles. The molecule has 0 aromatic heterocycles. The van der Waals surface area contributed by atoms with Crippen molar-refractivity contribution in [2.45, 2.75) is 38.3 Å². The molecule has 3 nitrogen and oxygen atoms in total. The van der Waals surface area contributed by atoms with Gasteiger partial charge < -0.3 is 5.11 Å². The van der Waals surface area contributed by atoms with E-state index in [1.54, 1.807) is 6.07 Å². The summed E-state index contributed by atoms with van der Waals surface area (Å²) in [5, 5.41) is 9.96. The Morgan fingerprint density at radius 3 is 2.62 bits per heavy atom. The van der Waals surface area contributed by atoms with Crippen LogP contribution in [-0.4, -0.2) is 47.1 Å². The van der Waals surface area contributed by atoms with Gasteiger partial charge in [-0.1, -0.05) is 56.3 Å². The predicted molar refractivity (Wildman–Crippen MR) is 106 cm³/mol. The number of phenols is 1. The van der Waals surface area contributed by atoms with Crippen LogP contribution in [0.25, 0.3) is 0 Å². The first kappa shape index (κ1) is 17.6. The molecule has 0 aliphatic carbocycles. The quantitative estimate of drug-likeness (QED) is 0.910. The van der Waals surface area contributed by atoms with Gasteiger partial charge in [0.25, 0.3) is 0 Å². The maximum absolute atomic E-state index is 9.96. The molecule has 0 bridgehead atoms. The second-order valence-electron chi connectivity index (χ2n) is 8.44. The number of piperazine rings is 1. The molecule has 3 atom stereocenters. The van der Waals surface area contributed by atoms with E-state index in [1.165, 1.54) is 11.1 Å². The molecule has 2 unspecified atom stereocenters. The summed E-state index contributed by atoms with van der Waals surface area (Å²) in [6.45, 7) is 10.4. The minimum absolute atomic E-state index is 0.121. The zero-order valence-corrected chi connectivity index (χ0v) is 15.9. The first-order valence-corrected chi connectivity index (χ1v) is 9.84. The fourth-order valence-corrected chi connectivity index (χ4v) is 4.88. The number of piperidine rings is 1. The second-order valence-corrected chi connectivity index (χ2v) is 8.44. The molecule has 2 fully saturated rings. The Morgan fingerprint density at radius 2 is 1.85 bits per heavy atom. The molecule has 138 valence electrons. The summed E-state index contributed by atoms with van der Waals surface area (Å²) >= 11 is 0. The van der Waals surface area contributed by atoms with Crippen molar-refractivity contribution in [3.8, 4) is 5.75 Å². The van der Waals surface area contributed by atoms with Crippen molar-refractivity contribution in [1.82, 2.24) is 9.80 Å². The third-order valence-corrected chi connectivity index (χ3v) is 6.70. The summed E-state index contributed by atoms with van der Waals surface area (Å²) in [4.78, 5) is 5.30. The molecule has 0 amide bonds. The van der Waals surface area contributed by atoms with Crippen molar-refractivity contribution in [2.24, 2.45) is 5.92 Å². The lowest BCUT2D eigenvalue weighted by Crippen LogP contribution is -2.60. The lowest BCUT2D eigenvalue weighted by Gasteiger charge is -2.53.